The zero-order valence-electron chi connectivity index (χ0n) is 31.3. The molecule has 0 heterocycles. The Morgan fingerprint density at radius 1 is 0.379 bits per heavy atom. The highest BCUT2D eigenvalue weighted by Gasteiger charge is 2.17. The summed E-state index contributed by atoms with van der Waals surface area (Å²) in [6, 6.07) is 55.0. The van der Waals surface area contributed by atoms with Crippen LogP contribution < -0.4 is 29.6 Å². The van der Waals surface area contributed by atoms with Crippen LogP contribution >= 0.6 is 31.9 Å². The number of ether oxygens (including phenoxy) is 4. The predicted molar refractivity (Wildman–Crippen MR) is 239 cm³/mol. The van der Waals surface area contributed by atoms with Gasteiger partial charge in [0.1, 0.15) is 49.4 Å². The van der Waals surface area contributed by atoms with Gasteiger partial charge in [0.15, 0.2) is 0 Å². The van der Waals surface area contributed by atoms with Crippen molar-refractivity contribution < 1.29 is 23.7 Å². The number of carbonyl (C=O) groups excluding carboxylic acids is 1. The van der Waals surface area contributed by atoms with Gasteiger partial charge >= 0.3 is 6.03 Å². The third-order valence-electron chi connectivity index (χ3n) is 9.42. The van der Waals surface area contributed by atoms with Gasteiger partial charge in [-0.25, -0.2) is 4.79 Å². The molecule has 0 atom stereocenters. The van der Waals surface area contributed by atoms with Gasteiger partial charge in [0.2, 0.25) is 0 Å². The number of fused-ring (bicyclic) bond motifs is 2. The minimum Gasteiger partial charge on any atom is -0.488 e. The maximum Gasteiger partial charge on any atom is 0.323 e. The average Bonchev–Trinajstić information content (AvgIpc) is 3.25. The Morgan fingerprint density at radius 2 is 0.655 bits per heavy atom. The molecule has 0 spiro atoms. The number of carbonyl (C=O) groups is 1. The lowest BCUT2D eigenvalue weighted by atomic mass is 10.1. The Kier molecular flexibility index (Phi) is 12.2. The minimum atomic E-state index is -0.461. The van der Waals surface area contributed by atoms with Gasteiger partial charge in [-0.15, -0.1) is 0 Å². The van der Waals surface area contributed by atoms with Crippen LogP contribution in [0.3, 0.4) is 0 Å². The summed E-state index contributed by atoms with van der Waals surface area (Å²) in [6.45, 7) is 1.47. The van der Waals surface area contributed by atoms with Crippen molar-refractivity contribution in [1.29, 1.82) is 0 Å². The summed E-state index contributed by atoms with van der Waals surface area (Å²) in [4.78, 5) is 14.0. The zero-order valence-corrected chi connectivity index (χ0v) is 34.5. The highest BCUT2D eigenvalue weighted by molar-refractivity contribution is 9.11. The van der Waals surface area contributed by atoms with Crippen LogP contribution in [0.1, 0.15) is 22.3 Å². The van der Waals surface area contributed by atoms with Gasteiger partial charge < -0.3 is 29.6 Å². The first-order valence-corrected chi connectivity index (χ1v) is 20.3. The molecule has 7 nitrogen and oxygen atoms in total. The van der Waals surface area contributed by atoms with Gasteiger partial charge in [0.05, 0.1) is 20.3 Å². The molecule has 0 saturated heterocycles. The van der Waals surface area contributed by atoms with E-state index in [1.807, 2.05) is 170 Å². The van der Waals surface area contributed by atoms with E-state index in [-0.39, 0.29) is 0 Å². The van der Waals surface area contributed by atoms with Gasteiger partial charge in [-0.05, 0) is 124 Å². The Hall–Kier alpha value is -6.29. The molecular weight excluding hydrogens is 856 g/mol. The molecule has 0 aliphatic rings. The second-order valence-electron chi connectivity index (χ2n) is 13.6. The molecule has 288 valence electrons. The van der Waals surface area contributed by atoms with Crippen molar-refractivity contribution in [2.75, 3.05) is 10.6 Å². The Balaban J connectivity index is 1.08. The van der Waals surface area contributed by atoms with Crippen LogP contribution in [0.5, 0.6) is 23.0 Å². The van der Waals surface area contributed by atoms with E-state index >= 15 is 0 Å². The summed E-state index contributed by atoms with van der Waals surface area (Å²) in [6.07, 6.45) is 0. The summed E-state index contributed by atoms with van der Waals surface area (Å²) < 4.78 is 26.8. The minimum absolute atomic E-state index is 0.310. The van der Waals surface area contributed by atoms with E-state index < -0.39 is 6.03 Å². The Morgan fingerprint density at radius 3 is 0.983 bits per heavy atom. The molecule has 0 aliphatic carbocycles. The fourth-order valence-electron chi connectivity index (χ4n) is 6.43. The monoisotopic (exact) mass is 892 g/mol. The first kappa shape index (κ1) is 38.6. The van der Waals surface area contributed by atoms with Crippen molar-refractivity contribution in [1.82, 2.24) is 0 Å². The number of benzene rings is 8. The van der Waals surface area contributed by atoms with Crippen LogP contribution in [0, 0.1) is 0 Å². The number of anilines is 2. The van der Waals surface area contributed by atoms with Crippen LogP contribution in [0.4, 0.5) is 16.2 Å². The third-order valence-corrected chi connectivity index (χ3v) is 10.7. The van der Waals surface area contributed by atoms with E-state index in [1.54, 1.807) is 0 Å². The smallest absolute Gasteiger partial charge is 0.323 e. The lowest BCUT2D eigenvalue weighted by molar-refractivity contribution is 0.261. The van der Waals surface area contributed by atoms with Crippen molar-refractivity contribution in [3.8, 4) is 23.0 Å². The molecule has 9 heteroatoms. The normalized spacial score (nSPS) is 10.9. The first-order chi connectivity index (χ1) is 28.4. The van der Waals surface area contributed by atoms with E-state index in [1.165, 1.54) is 0 Å². The van der Waals surface area contributed by atoms with Crippen LogP contribution in [-0.2, 0) is 26.4 Å². The largest absolute Gasteiger partial charge is 0.488 e. The fraction of sp³-hybridized carbons (Fsp3) is 0.0816. The SMILES string of the molecule is O=C(Nc1cc2cc(Br)c(OCc3ccccc3)cc2cc1OCc1ccccc1)Nc1cc2cc(Br)c(OCc3ccccc3)cc2cc1OCc1ccccc1. The quantitative estimate of drug-likeness (QED) is 0.114. The van der Waals surface area contributed by atoms with Crippen molar-refractivity contribution in [3.63, 3.8) is 0 Å². The Labute approximate surface area is 353 Å². The van der Waals surface area contributed by atoms with E-state index in [2.05, 4.69) is 42.5 Å². The van der Waals surface area contributed by atoms with Gasteiger partial charge in [-0.1, -0.05) is 121 Å². The maximum absolute atomic E-state index is 14.0. The van der Waals surface area contributed by atoms with E-state index in [4.69, 9.17) is 18.9 Å². The number of hydrogen-bond donors (Lipinski definition) is 2. The highest BCUT2D eigenvalue weighted by Crippen LogP contribution is 2.39. The average molecular weight is 895 g/mol. The molecule has 0 unspecified atom stereocenters. The van der Waals surface area contributed by atoms with Crippen LogP contribution in [0.25, 0.3) is 21.5 Å². The molecule has 58 heavy (non-hydrogen) atoms. The molecule has 0 aliphatic heterocycles. The van der Waals surface area contributed by atoms with Crippen molar-refractivity contribution >= 4 is 70.8 Å². The second-order valence-corrected chi connectivity index (χ2v) is 15.3. The molecule has 0 bridgehead atoms. The summed E-state index contributed by atoms with van der Waals surface area (Å²) in [7, 11) is 0. The lowest BCUT2D eigenvalue weighted by Gasteiger charge is -2.18. The molecule has 0 fully saturated rings. The fourth-order valence-corrected chi connectivity index (χ4v) is 7.38. The van der Waals surface area contributed by atoms with Gasteiger partial charge in [-0.2, -0.15) is 0 Å². The maximum atomic E-state index is 14.0. The summed E-state index contributed by atoms with van der Waals surface area (Å²) >= 11 is 7.39. The first-order valence-electron chi connectivity index (χ1n) is 18.7. The molecule has 0 saturated carbocycles. The van der Waals surface area contributed by atoms with Crippen molar-refractivity contribution in [2.45, 2.75) is 26.4 Å². The number of halogens is 2. The third kappa shape index (κ3) is 9.80. The molecular formula is C49H38Br2N2O5. The lowest BCUT2D eigenvalue weighted by Crippen LogP contribution is -2.20. The molecule has 8 aromatic carbocycles. The van der Waals surface area contributed by atoms with Crippen LogP contribution in [0.2, 0.25) is 0 Å². The predicted octanol–water partition coefficient (Wildman–Crippen LogP) is 13.5. The highest BCUT2D eigenvalue weighted by atomic mass is 79.9. The number of hydrogen-bond acceptors (Lipinski definition) is 5. The van der Waals surface area contributed by atoms with Gasteiger partial charge in [0.25, 0.3) is 0 Å². The standard InChI is InChI=1S/C49H38Br2N2O5/c50-41-21-37-23-43(47(57-31-35-17-9-3-10-18-35)27-39(37)25-45(41)55-29-33-13-5-1-6-14-33)52-49(54)53-44-24-38-22-42(51)46(56-30-34-15-7-2-8-16-34)26-40(38)28-48(44)58-32-36-19-11-4-12-20-36/h1-28H,29-32H2,(H2,52,53,54). The summed E-state index contributed by atoms with van der Waals surface area (Å²) in [5.74, 6) is 2.41. The molecule has 2 amide bonds. The van der Waals surface area contributed by atoms with Crippen LogP contribution in [0.15, 0.2) is 179 Å². The van der Waals surface area contributed by atoms with Crippen molar-refractivity contribution in [2.24, 2.45) is 0 Å². The number of rotatable bonds is 14. The van der Waals surface area contributed by atoms with E-state index in [0.717, 1.165) is 52.7 Å². The van der Waals surface area contributed by atoms with E-state index in [0.29, 0.717) is 60.8 Å². The number of urea groups is 1. The van der Waals surface area contributed by atoms with Crippen molar-refractivity contribution in [3.05, 3.63) is 201 Å². The van der Waals surface area contributed by atoms with Crippen LogP contribution in [-0.4, -0.2) is 6.03 Å². The van der Waals surface area contributed by atoms with Gasteiger partial charge in [-0.3, -0.25) is 0 Å². The molecule has 8 rings (SSSR count). The number of nitrogens with one attached hydrogen (secondary N) is 2. The molecule has 0 radical (unpaired) electrons. The molecule has 8 aromatic rings. The summed E-state index contributed by atoms with van der Waals surface area (Å²) in [5.41, 5.74) is 5.13. The van der Waals surface area contributed by atoms with Gasteiger partial charge in [0, 0.05) is 0 Å². The number of amides is 2. The zero-order chi connectivity index (χ0) is 39.7. The summed E-state index contributed by atoms with van der Waals surface area (Å²) in [5, 5.41) is 9.68. The second kappa shape index (κ2) is 18.3. The molecule has 0 aromatic heterocycles. The topological polar surface area (TPSA) is 78.1 Å². The molecule has 2 N–H and O–H groups in total. The Bertz CT molecular complexity index is 2480. The van der Waals surface area contributed by atoms with E-state index in [9.17, 15) is 4.79 Å².